The lowest BCUT2D eigenvalue weighted by Gasteiger charge is -2.46. The van der Waals surface area contributed by atoms with Crippen LogP contribution in [0.2, 0.25) is 0 Å². The largest absolute Gasteiger partial charge is 0.376 e. The first-order chi connectivity index (χ1) is 22.9. The molecule has 1 aromatic heterocycles. The Morgan fingerprint density at radius 1 is 0.457 bits per heavy atom. The first-order valence-corrected chi connectivity index (χ1v) is 16.7. The van der Waals surface area contributed by atoms with E-state index in [-0.39, 0.29) is 6.85 Å². The Labute approximate surface area is 272 Å². The fourth-order valence-corrected chi connectivity index (χ4v) is 8.66. The number of nitrogens with zero attached hydrogens (tertiary/aromatic N) is 2. The van der Waals surface area contributed by atoms with Gasteiger partial charge in [0.15, 0.2) is 0 Å². The molecule has 7 aromatic carbocycles. The molecule has 0 aliphatic carbocycles. The molecule has 0 bridgehead atoms. The summed E-state index contributed by atoms with van der Waals surface area (Å²) in [4.78, 5) is 5.12. The molecular formula is C42H27BN2S. The van der Waals surface area contributed by atoms with Gasteiger partial charge in [-0.05, 0) is 75.3 Å². The van der Waals surface area contributed by atoms with Gasteiger partial charge in [0.25, 0.3) is 0 Å². The van der Waals surface area contributed by atoms with Gasteiger partial charge in [0, 0.05) is 49.3 Å². The molecule has 0 radical (unpaired) electrons. The summed E-state index contributed by atoms with van der Waals surface area (Å²) in [6, 6.07) is 58.1. The second-order valence-corrected chi connectivity index (χ2v) is 13.0. The summed E-state index contributed by atoms with van der Waals surface area (Å²) in [5, 5.41) is 6.01. The van der Waals surface area contributed by atoms with E-state index in [1.54, 1.807) is 11.3 Å². The number of anilines is 5. The Hall–Kier alpha value is -5.58. The molecule has 0 fully saturated rings. The van der Waals surface area contributed by atoms with E-state index in [1.165, 1.54) is 82.5 Å². The van der Waals surface area contributed by atoms with Gasteiger partial charge < -0.3 is 9.71 Å². The zero-order valence-corrected chi connectivity index (χ0v) is 25.8. The molecule has 0 N–H and O–H groups in total. The van der Waals surface area contributed by atoms with Crippen molar-refractivity contribution < 1.29 is 0 Å². The lowest BCUT2D eigenvalue weighted by atomic mass is 9.43. The number of para-hydroxylation sites is 2. The SMILES string of the molecule is c1ccc(-c2c(N3c4ccccc4B4c5c(cccc53)-c3ccccc3N4c3cccc4ccccc34)ccc3sccc23)cc1. The normalized spacial score (nSPS) is 13.1. The second-order valence-electron chi connectivity index (χ2n) is 12.1. The van der Waals surface area contributed by atoms with Crippen LogP contribution >= 0.6 is 11.3 Å². The molecule has 0 spiro atoms. The monoisotopic (exact) mass is 602 g/mol. The minimum atomic E-state index is 0.00408. The smallest absolute Gasteiger partial charge is 0.333 e. The molecule has 2 aliphatic heterocycles. The Morgan fingerprint density at radius 3 is 2.09 bits per heavy atom. The lowest BCUT2D eigenvalue weighted by Crippen LogP contribution is -2.61. The highest BCUT2D eigenvalue weighted by molar-refractivity contribution is 7.17. The zero-order valence-electron chi connectivity index (χ0n) is 25.0. The van der Waals surface area contributed by atoms with Gasteiger partial charge in [-0.25, -0.2) is 0 Å². The minimum Gasteiger partial charge on any atom is -0.376 e. The van der Waals surface area contributed by atoms with Crippen molar-refractivity contribution in [2.24, 2.45) is 0 Å². The second kappa shape index (κ2) is 9.97. The van der Waals surface area contributed by atoms with Gasteiger partial charge in [0.05, 0.1) is 5.69 Å². The molecule has 4 heteroatoms. The average molecular weight is 603 g/mol. The molecule has 2 aliphatic rings. The molecule has 0 saturated carbocycles. The number of hydrogen-bond acceptors (Lipinski definition) is 3. The van der Waals surface area contributed by atoms with Crippen LogP contribution in [0.25, 0.3) is 43.1 Å². The molecule has 214 valence electrons. The molecule has 46 heavy (non-hydrogen) atoms. The van der Waals surface area contributed by atoms with Gasteiger partial charge in [-0.3, -0.25) is 0 Å². The van der Waals surface area contributed by atoms with Crippen LogP contribution in [0.3, 0.4) is 0 Å². The predicted molar refractivity (Wildman–Crippen MR) is 198 cm³/mol. The molecule has 0 saturated heterocycles. The standard InChI is InChI=1S/C42H27BN2S/c1-2-13-29(14-3-1)41-33-26-27-46-40(33)25-24-38(41)44-37-21-9-7-19-34(37)43-42-32(18-11-23-39(42)44)31-17-6-8-20-36(31)45(43)35-22-10-15-28-12-4-5-16-30(28)35/h1-27H. The third-order valence-electron chi connectivity index (χ3n) is 9.72. The molecule has 0 atom stereocenters. The van der Waals surface area contributed by atoms with E-state index >= 15 is 0 Å². The van der Waals surface area contributed by atoms with Gasteiger partial charge in [0.2, 0.25) is 0 Å². The summed E-state index contributed by atoms with van der Waals surface area (Å²) in [7, 11) is 0. The third-order valence-corrected chi connectivity index (χ3v) is 10.6. The van der Waals surface area contributed by atoms with Gasteiger partial charge in [-0.2, -0.15) is 0 Å². The molecule has 0 amide bonds. The van der Waals surface area contributed by atoms with Gasteiger partial charge in [-0.15, -0.1) is 11.3 Å². The number of thiophene rings is 1. The molecule has 0 unspecified atom stereocenters. The van der Waals surface area contributed by atoms with Crippen molar-refractivity contribution >= 4 is 78.4 Å². The molecule has 8 aromatic rings. The minimum absolute atomic E-state index is 0.00408. The first-order valence-electron chi connectivity index (χ1n) is 15.8. The molecule has 3 heterocycles. The zero-order chi connectivity index (χ0) is 30.2. The van der Waals surface area contributed by atoms with Crippen molar-refractivity contribution in [3.63, 3.8) is 0 Å². The Kier molecular flexibility index (Phi) is 5.57. The quantitative estimate of drug-likeness (QED) is 0.186. The van der Waals surface area contributed by atoms with E-state index in [1.807, 2.05) is 0 Å². The number of hydrogen-bond donors (Lipinski definition) is 0. The highest BCUT2D eigenvalue weighted by atomic mass is 32.1. The van der Waals surface area contributed by atoms with Crippen LogP contribution in [0.1, 0.15) is 0 Å². The van der Waals surface area contributed by atoms with E-state index in [0.29, 0.717) is 0 Å². The van der Waals surface area contributed by atoms with E-state index in [4.69, 9.17) is 0 Å². The van der Waals surface area contributed by atoms with Crippen LogP contribution < -0.4 is 20.6 Å². The average Bonchev–Trinajstić information content (AvgIpc) is 3.61. The first kappa shape index (κ1) is 25.7. The maximum atomic E-state index is 2.60. The highest BCUT2D eigenvalue weighted by Gasteiger charge is 2.45. The molecule has 2 nitrogen and oxygen atoms in total. The Balaban J connectivity index is 1.31. The van der Waals surface area contributed by atoms with Crippen LogP contribution in [0.4, 0.5) is 28.4 Å². The number of fused-ring (bicyclic) bond motifs is 6. The Morgan fingerprint density at radius 2 is 1.15 bits per heavy atom. The fraction of sp³-hybridized carbons (Fsp3) is 0. The number of rotatable bonds is 3. The summed E-state index contributed by atoms with van der Waals surface area (Å²) in [5.41, 5.74) is 13.8. The maximum Gasteiger partial charge on any atom is 0.333 e. The van der Waals surface area contributed by atoms with E-state index in [0.717, 1.165) is 0 Å². The summed E-state index contributed by atoms with van der Waals surface area (Å²) >= 11 is 1.80. The fourth-order valence-electron chi connectivity index (χ4n) is 7.87. The van der Waals surface area contributed by atoms with Crippen LogP contribution in [0.15, 0.2) is 163 Å². The Bertz CT molecular complexity index is 2460. The van der Waals surface area contributed by atoms with Crippen molar-refractivity contribution in [3.8, 4) is 22.3 Å². The lowest BCUT2D eigenvalue weighted by molar-refractivity contribution is 1.28. The van der Waals surface area contributed by atoms with E-state index < -0.39 is 0 Å². The summed E-state index contributed by atoms with van der Waals surface area (Å²) < 4.78 is 1.30. The van der Waals surface area contributed by atoms with Gasteiger partial charge >= 0.3 is 6.85 Å². The van der Waals surface area contributed by atoms with E-state index in [2.05, 4.69) is 173 Å². The summed E-state index contributed by atoms with van der Waals surface area (Å²) in [6.07, 6.45) is 0. The van der Waals surface area contributed by atoms with Crippen molar-refractivity contribution in [2.75, 3.05) is 9.71 Å². The van der Waals surface area contributed by atoms with Crippen molar-refractivity contribution in [3.05, 3.63) is 163 Å². The van der Waals surface area contributed by atoms with Gasteiger partial charge in [-0.1, -0.05) is 115 Å². The van der Waals surface area contributed by atoms with Crippen LogP contribution in [-0.2, 0) is 0 Å². The predicted octanol–water partition coefficient (Wildman–Crippen LogP) is 10.4. The highest BCUT2D eigenvalue weighted by Crippen LogP contribution is 2.50. The topological polar surface area (TPSA) is 6.48 Å². The van der Waals surface area contributed by atoms with Crippen LogP contribution in [0.5, 0.6) is 0 Å². The molecular weight excluding hydrogens is 575 g/mol. The van der Waals surface area contributed by atoms with E-state index in [9.17, 15) is 0 Å². The summed E-state index contributed by atoms with van der Waals surface area (Å²) in [6.45, 7) is 0.00408. The van der Waals surface area contributed by atoms with Crippen LogP contribution in [0, 0.1) is 0 Å². The maximum absolute atomic E-state index is 2.60. The third kappa shape index (κ3) is 3.59. The van der Waals surface area contributed by atoms with Crippen molar-refractivity contribution in [1.29, 1.82) is 0 Å². The molecule has 10 rings (SSSR count). The van der Waals surface area contributed by atoms with Crippen molar-refractivity contribution in [1.82, 2.24) is 0 Å². The van der Waals surface area contributed by atoms with Crippen molar-refractivity contribution in [2.45, 2.75) is 0 Å². The number of benzene rings is 7. The van der Waals surface area contributed by atoms with Gasteiger partial charge in [0.1, 0.15) is 0 Å². The van der Waals surface area contributed by atoms with Crippen LogP contribution in [-0.4, -0.2) is 6.85 Å². The summed E-state index contributed by atoms with van der Waals surface area (Å²) in [5.74, 6) is 0.